The molecule has 0 saturated heterocycles. The van der Waals surface area contributed by atoms with E-state index in [0.717, 1.165) is 0 Å². The zero-order chi connectivity index (χ0) is 8.27. The van der Waals surface area contributed by atoms with Crippen LogP contribution in [0.4, 0.5) is 4.39 Å². The third-order valence-corrected chi connectivity index (χ3v) is 1.36. The van der Waals surface area contributed by atoms with Crippen molar-refractivity contribution in [3.8, 4) is 0 Å². The minimum absolute atomic E-state index is 0.214. The molecule has 0 aliphatic carbocycles. The van der Waals surface area contributed by atoms with Crippen molar-refractivity contribution in [3.63, 3.8) is 0 Å². The molecule has 0 fully saturated rings. The van der Waals surface area contributed by atoms with Gasteiger partial charge in [0.05, 0.1) is 5.69 Å². The third-order valence-electron chi connectivity index (χ3n) is 1.36. The van der Waals surface area contributed by atoms with Crippen LogP contribution in [0.15, 0.2) is 18.3 Å². The molecule has 1 radical (unpaired) electrons. The van der Waals surface area contributed by atoms with Gasteiger partial charge in [0.15, 0.2) is 0 Å². The molecule has 0 atom stereocenters. The summed E-state index contributed by atoms with van der Waals surface area (Å²) < 4.78 is 12.9. The summed E-state index contributed by atoms with van der Waals surface area (Å²) in [6, 6.07) is 3.04. The molecule has 1 rings (SSSR count). The number of hydrogen-bond donors (Lipinski definition) is 0. The van der Waals surface area contributed by atoms with E-state index >= 15 is 0 Å². The first kappa shape index (κ1) is 8.18. The summed E-state index contributed by atoms with van der Waals surface area (Å²) in [7, 11) is 0. The number of nitrogens with zero attached hydrogens (tertiary/aromatic N) is 1. The Balaban J connectivity index is 2.78. The van der Waals surface area contributed by atoms with E-state index in [2.05, 4.69) is 4.98 Å². The number of pyridine rings is 1. The van der Waals surface area contributed by atoms with Crippen molar-refractivity contribution >= 4 is 0 Å². The van der Waals surface area contributed by atoms with Gasteiger partial charge in [0, 0.05) is 6.20 Å². The number of hydrogen-bond acceptors (Lipinski definition) is 1. The minimum atomic E-state index is -0.214. The average molecular weight is 152 g/mol. The van der Waals surface area contributed by atoms with Crippen LogP contribution < -0.4 is 0 Å². The maximum absolute atomic E-state index is 12.9. The Bertz CT molecular complexity index is 233. The molecule has 1 heterocycles. The smallest absolute Gasteiger partial charge is 0.144 e. The summed E-state index contributed by atoms with van der Waals surface area (Å²) in [5.41, 5.74) is 0.535. The van der Waals surface area contributed by atoms with Crippen LogP contribution in [-0.2, 0) is 6.42 Å². The van der Waals surface area contributed by atoms with Gasteiger partial charge in [-0.1, -0.05) is 13.8 Å². The maximum atomic E-state index is 12.9. The molecule has 0 unspecified atom stereocenters. The van der Waals surface area contributed by atoms with E-state index in [-0.39, 0.29) is 5.82 Å². The fourth-order valence-electron chi connectivity index (χ4n) is 0.883. The Kier molecular flexibility index (Phi) is 2.58. The minimum Gasteiger partial charge on any atom is -0.258 e. The quantitative estimate of drug-likeness (QED) is 0.634. The highest BCUT2D eigenvalue weighted by Gasteiger charge is 2.03. The fourth-order valence-corrected chi connectivity index (χ4v) is 0.883. The number of aromatic nitrogens is 1. The predicted octanol–water partition coefficient (Wildman–Crippen LogP) is 2.38. The Labute approximate surface area is 66.3 Å². The molecule has 0 saturated carbocycles. The van der Waals surface area contributed by atoms with Gasteiger partial charge in [0.2, 0.25) is 0 Å². The van der Waals surface area contributed by atoms with Crippen LogP contribution >= 0.6 is 0 Å². The van der Waals surface area contributed by atoms with Crippen LogP contribution in [0.2, 0.25) is 0 Å². The average Bonchev–Trinajstić information content (AvgIpc) is 1.93. The summed E-state index contributed by atoms with van der Waals surface area (Å²) in [6.45, 7) is 3.93. The molecular weight excluding hydrogens is 141 g/mol. The molecule has 0 spiro atoms. The van der Waals surface area contributed by atoms with Crippen molar-refractivity contribution in [3.05, 3.63) is 35.8 Å². The second kappa shape index (κ2) is 3.46. The van der Waals surface area contributed by atoms with Crippen molar-refractivity contribution in [2.75, 3.05) is 0 Å². The van der Waals surface area contributed by atoms with Crippen molar-refractivity contribution in [1.82, 2.24) is 4.98 Å². The van der Waals surface area contributed by atoms with E-state index in [1.54, 1.807) is 12.3 Å². The highest BCUT2D eigenvalue weighted by atomic mass is 19.1. The van der Waals surface area contributed by atoms with Gasteiger partial charge >= 0.3 is 0 Å². The lowest BCUT2D eigenvalue weighted by molar-refractivity contribution is 0.599. The molecular formula is C9H11FN. The Morgan fingerprint density at radius 2 is 2.27 bits per heavy atom. The van der Waals surface area contributed by atoms with Crippen LogP contribution in [0.1, 0.15) is 19.5 Å². The largest absolute Gasteiger partial charge is 0.258 e. The van der Waals surface area contributed by atoms with Gasteiger partial charge in [-0.05, 0) is 24.5 Å². The van der Waals surface area contributed by atoms with Gasteiger partial charge in [-0.3, -0.25) is 4.98 Å². The number of halogens is 1. The normalized spacial score (nSPS) is 10.5. The Morgan fingerprint density at radius 3 is 2.82 bits per heavy atom. The first-order chi connectivity index (χ1) is 5.20. The summed E-state index contributed by atoms with van der Waals surface area (Å²) in [6.07, 6.45) is 2.24. The van der Waals surface area contributed by atoms with Crippen LogP contribution in [-0.4, -0.2) is 4.98 Å². The summed E-state index contributed by atoms with van der Waals surface area (Å²) in [4.78, 5) is 3.92. The van der Waals surface area contributed by atoms with Gasteiger partial charge in [0.1, 0.15) is 5.82 Å². The summed E-state index contributed by atoms with van der Waals surface area (Å²) >= 11 is 0. The van der Waals surface area contributed by atoms with E-state index in [4.69, 9.17) is 0 Å². The molecule has 0 aliphatic heterocycles. The first-order valence-electron chi connectivity index (χ1n) is 3.58. The zero-order valence-electron chi connectivity index (χ0n) is 6.76. The van der Waals surface area contributed by atoms with Gasteiger partial charge in [-0.2, -0.15) is 0 Å². The highest BCUT2D eigenvalue weighted by molar-refractivity contribution is 5.10. The fraction of sp³-hybridized carbons (Fsp3) is 0.333. The van der Waals surface area contributed by atoms with Gasteiger partial charge < -0.3 is 0 Å². The molecule has 59 valence electrons. The molecule has 2 heteroatoms. The van der Waals surface area contributed by atoms with Crippen LogP contribution in [0.5, 0.6) is 0 Å². The van der Waals surface area contributed by atoms with Crippen molar-refractivity contribution in [2.24, 2.45) is 0 Å². The van der Waals surface area contributed by atoms with Crippen LogP contribution in [0, 0.1) is 11.7 Å². The molecule has 1 aromatic heterocycles. The van der Waals surface area contributed by atoms with Crippen LogP contribution in [0.25, 0.3) is 0 Å². The molecule has 0 bridgehead atoms. The molecule has 0 aliphatic rings. The summed E-state index contributed by atoms with van der Waals surface area (Å²) in [5, 5.41) is 0. The standard InChI is InChI=1S/C9H11FN/c1-7(2)6-9-8(10)4-3-5-11-9/h3-5H,6H2,1-2H3. The monoisotopic (exact) mass is 152 g/mol. The van der Waals surface area contributed by atoms with E-state index in [0.29, 0.717) is 12.1 Å². The van der Waals surface area contributed by atoms with Crippen molar-refractivity contribution in [1.29, 1.82) is 0 Å². The maximum Gasteiger partial charge on any atom is 0.144 e. The van der Waals surface area contributed by atoms with E-state index < -0.39 is 0 Å². The summed E-state index contributed by atoms with van der Waals surface area (Å²) in [5.74, 6) is 0.955. The van der Waals surface area contributed by atoms with E-state index in [1.807, 2.05) is 13.8 Å². The van der Waals surface area contributed by atoms with Gasteiger partial charge in [0.25, 0.3) is 0 Å². The van der Waals surface area contributed by atoms with Gasteiger partial charge in [-0.25, -0.2) is 4.39 Å². The van der Waals surface area contributed by atoms with Crippen molar-refractivity contribution < 1.29 is 4.39 Å². The molecule has 1 nitrogen and oxygen atoms in total. The molecule has 11 heavy (non-hydrogen) atoms. The SMILES string of the molecule is C[C](C)Cc1ncccc1F. The topological polar surface area (TPSA) is 12.9 Å². The lowest BCUT2D eigenvalue weighted by Crippen LogP contribution is -1.98. The predicted molar refractivity (Wildman–Crippen MR) is 42.5 cm³/mol. The van der Waals surface area contributed by atoms with E-state index in [9.17, 15) is 4.39 Å². The second-order valence-electron chi connectivity index (χ2n) is 2.82. The number of rotatable bonds is 2. The molecule has 0 amide bonds. The van der Waals surface area contributed by atoms with E-state index in [1.165, 1.54) is 12.0 Å². The van der Waals surface area contributed by atoms with Gasteiger partial charge in [-0.15, -0.1) is 0 Å². The molecule has 1 aromatic rings. The Morgan fingerprint density at radius 1 is 1.55 bits per heavy atom. The molecule has 0 N–H and O–H groups in total. The zero-order valence-corrected chi connectivity index (χ0v) is 6.76. The first-order valence-corrected chi connectivity index (χ1v) is 3.58. The lowest BCUT2D eigenvalue weighted by Gasteiger charge is -2.03. The second-order valence-corrected chi connectivity index (χ2v) is 2.82. The van der Waals surface area contributed by atoms with Crippen molar-refractivity contribution in [2.45, 2.75) is 20.3 Å². The third kappa shape index (κ3) is 2.30. The lowest BCUT2D eigenvalue weighted by atomic mass is 10.1. The molecule has 0 aromatic carbocycles. The Hall–Kier alpha value is -0.920. The highest BCUT2D eigenvalue weighted by Crippen LogP contribution is 2.09. The van der Waals surface area contributed by atoms with Crippen LogP contribution in [0.3, 0.4) is 0 Å².